The van der Waals surface area contributed by atoms with Gasteiger partial charge in [0, 0.05) is 47.5 Å². The van der Waals surface area contributed by atoms with Crippen LogP contribution in [0, 0.1) is 0 Å². The van der Waals surface area contributed by atoms with Gasteiger partial charge in [-0.15, -0.1) is 0 Å². The summed E-state index contributed by atoms with van der Waals surface area (Å²) in [6.07, 6.45) is 0. The Morgan fingerprint density at radius 3 is 0.900 bits per heavy atom. The summed E-state index contributed by atoms with van der Waals surface area (Å²) in [7, 11) is -10.4. The Balaban J connectivity index is 5.23. The normalized spacial score (nSPS) is 24.3. The van der Waals surface area contributed by atoms with Crippen LogP contribution in [-0.4, -0.2) is 70.9 Å². The Morgan fingerprint density at radius 1 is 0.550 bits per heavy atom. The highest BCUT2D eigenvalue weighted by molar-refractivity contribution is 6.83. The quantitative estimate of drug-likeness (QED) is 0.453. The summed E-state index contributed by atoms with van der Waals surface area (Å²) in [4.78, 5) is 29.9. The molecule has 0 aliphatic heterocycles. The lowest BCUT2D eigenvalue weighted by atomic mass is 11.8. The molecular formula is C7H24O9Si4. The van der Waals surface area contributed by atoms with Gasteiger partial charge >= 0.3 is 35.2 Å². The molecule has 3 atom stereocenters. The Kier molecular flexibility index (Phi) is 7.36. The number of hydrogen-bond donors (Lipinski definition) is 3. The molecule has 3 N–H and O–H groups in total. The standard InChI is InChI=1S/C7H24O9Si4/c1-11-17(4,8)14-20(7,15-18(5,9)12-2)16-19(6,10)13-3/h8-10H,1-7H3. The van der Waals surface area contributed by atoms with E-state index >= 15 is 0 Å². The molecule has 0 radical (unpaired) electrons. The Bertz CT molecular complexity index is 265. The zero-order chi connectivity index (χ0) is 16.2. The van der Waals surface area contributed by atoms with Gasteiger partial charge in [0.05, 0.1) is 0 Å². The predicted octanol–water partition coefficient (Wildman–Crippen LogP) is -0.773. The van der Waals surface area contributed by atoms with Crippen LogP contribution < -0.4 is 0 Å². The van der Waals surface area contributed by atoms with Gasteiger partial charge in [0.2, 0.25) is 0 Å². The first-order valence-electron chi connectivity index (χ1n) is 5.73. The van der Waals surface area contributed by atoms with E-state index in [0.29, 0.717) is 0 Å². The molecule has 0 fully saturated rings. The lowest BCUT2D eigenvalue weighted by Crippen LogP contribution is -2.63. The van der Waals surface area contributed by atoms with Gasteiger partial charge in [-0.25, -0.2) is 0 Å². The third-order valence-corrected chi connectivity index (χ3v) is 13.5. The summed E-state index contributed by atoms with van der Waals surface area (Å²) in [5.41, 5.74) is 0. The average Bonchev–Trinajstić information content (AvgIpc) is 2.26. The minimum Gasteiger partial charge on any atom is -0.390 e. The Morgan fingerprint density at radius 2 is 0.750 bits per heavy atom. The van der Waals surface area contributed by atoms with Crippen LogP contribution in [0.1, 0.15) is 0 Å². The molecule has 0 rings (SSSR count). The zero-order valence-corrected chi connectivity index (χ0v) is 16.8. The highest BCUT2D eigenvalue weighted by Crippen LogP contribution is 2.23. The van der Waals surface area contributed by atoms with Crippen molar-refractivity contribution in [2.45, 2.75) is 26.2 Å². The second-order valence-electron chi connectivity index (χ2n) is 4.47. The third kappa shape index (κ3) is 7.50. The van der Waals surface area contributed by atoms with Crippen molar-refractivity contribution < 1.29 is 40.0 Å². The second-order valence-corrected chi connectivity index (χ2v) is 15.3. The van der Waals surface area contributed by atoms with Crippen molar-refractivity contribution in [2.75, 3.05) is 21.3 Å². The van der Waals surface area contributed by atoms with E-state index in [0.717, 1.165) is 0 Å². The Labute approximate surface area is 123 Å². The summed E-state index contributed by atoms with van der Waals surface area (Å²) < 4.78 is 30.8. The highest BCUT2D eigenvalue weighted by atomic mass is 28.5. The molecule has 0 bridgehead atoms. The summed E-state index contributed by atoms with van der Waals surface area (Å²) in [6, 6.07) is 0. The lowest BCUT2D eigenvalue weighted by Gasteiger charge is -2.37. The van der Waals surface area contributed by atoms with E-state index in [9.17, 15) is 14.4 Å². The van der Waals surface area contributed by atoms with Crippen LogP contribution in [0.4, 0.5) is 0 Å². The van der Waals surface area contributed by atoms with E-state index in [1.54, 1.807) is 0 Å². The largest absolute Gasteiger partial charge is 0.487 e. The van der Waals surface area contributed by atoms with Crippen LogP contribution in [0.2, 0.25) is 26.2 Å². The molecule has 0 saturated carbocycles. The highest BCUT2D eigenvalue weighted by Gasteiger charge is 2.54. The fraction of sp³-hybridized carbons (Fsp3) is 1.00. The molecule has 0 heterocycles. The predicted molar refractivity (Wildman–Crippen MR) is 77.4 cm³/mol. The number of rotatable bonds is 9. The van der Waals surface area contributed by atoms with Gasteiger partial charge in [0.15, 0.2) is 0 Å². The van der Waals surface area contributed by atoms with Gasteiger partial charge in [0.25, 0.3) is 0 Å². The van der Waals surface area contributed by atoms with Gasteiger partial charge < -0.3 is 40.0 Å². The smallest absolute Gasteiger partial charge is 0.390 e. The second kappa shape index (κ2) is 7.18. The van der Waals surface area contributed by atoms with E-state index in [2.05, 4.69) is 0 Å². The summed E-state index contributed by atoms with van der Waals surface area (Å²) >= 11 is 0. The van der Waals surface area contributed by atoms with E-state index in [1.165, 1.54) is 47.5 Å². The van der Waals surface area contributed by atoms with Crippen LogP contribution in [0.15, 0.2) is 0 Å². The molecule has 0 aromatic rings. The van der Waals surface area contributed by atoms with Crippen LogP contribution >= 0.6 is 0 Å². The van der Waals surface area contributed by atoms with Crippen molar-refractivity contribution in [1.82, 2.24) is 0 Å². The molecule has 0 aliphatic carbocycles. The van der Waals surface area contributed by atoms with Crippen molar-refractivity contribution >= 4 is 35.2 Å². The first-order valence-corrected chi connectivity index (χ1v) is 14.7. The van der Waals surface area contributed by atoms with E-state index < -0.39 is 35.2 Å². The van der Waals surface area contributed by atoms with Gasteiger partial charge in [-0.3, -0.25) is 0 Å². The maximum absolute atomic E-state index is 9.95. The SMILES string of the molecule is CO[Si](C)(O)O[Si](C)(O[Si](C)(O)OC)O[Si](C)(O)OC. The summed E-state index contributed by atoms with van der Waals surface area (Å²) in [5.74, 6) is 0. The molecule has 13 heteroatoms. The molecule has 0 aliphatic rings. The van der Waals surface area contributed by atoms with E-state index in [4.69, 9.17) is 25.6 Å². The first kappa shape index (κ1) is 20.5. The molecule has 0 aromatic carbocycles. The van der Waals surface area contributed by atoms with Crippen LogP contribution in [0.5, 0.6) is 0 Å². The molecular weight excluding hydrogens is 340 g/mol. The minimum atomic E-state index is -3.66. The molecule has 20 heavy (non-hydrogen) atoms. The van der Waals surface area contributed by atoms with Crippen molar-refractivity contribution in [1.29, 1.82) is 0 Å². The Hall–Kier alpha value is 0.508. The lowest BCUT2D eigenvalue weighted by molar-refractivity contribution is 0.0909. The van der Waals surface area contributed by atoms with Gasteiger partial charge in [-0.1, -0.05) is 0 Å². The van der Waals surface area contributed by atoms with Crippen molar-refractivity contribution in [3.63, 3.8) is 0 Å². The molecule has 9 nitrogen and oxygen atoms in total. The fourth-order valence-corrected chi connectivity index (χ4v) is 12.1. The topological polar surface area (TPSA) is 116 Å². The maximum Gasteiger partial charge on any atom is 0.487 e. The molecule has 0 saturated heterocycles. The van der Waals surface area contributed by atoms with E-state index in [-0.39, 0.29) is 0 Å². The monoisotopic (exact) mass is 364 g/mol. The molecule has 0 amide bonds. The van der Waals surface area contributed by atoms with Crippen molar-refractivity contribution in [2.24, 2.45) is 0 Å². The van der Waals surface area contributed by atoms with Gasteiger partial charge in [-0.05, 0) is 0 Å². The van der Waals surface area contributed by atoms with Crippen LogP contribution in [0.25, 0.3) is 0 Å². The fourth-order valence-electron chi connectivity index (χ4n) is 1.22. The summed E-state index contributed by atoms with van der Waals surface area (Å²) in [5, 5.41) is 0. The maximum atomic E-state index is 9.95. The molecule has 0 aromatic heterocycles. The van der Waals surface area contributed by atoms with Gasteiger partial charge in [0.1, 0.15) is 0 Å². The average molecular weight is 365 g/mol. The van der Waals surface area contributed by atoms with Crippen molar-refractivity contribution in [3.05, 3.63) is 0 Å². The molecule has 3 unspecified atom stereocenters. The van der Waals surface area contributed by atoms with Crippen LogP contribution in [0.3, 0.4) is 0 Å². The first-order chi connectivity index (χ1) is 8.80. The van der Waals surface area contributed by atoms with Crippen LogP contribution in [-0.2, 0) is 25.6 Å². The summed E-state index contributed by atoms with van der Waals surface area (Å²) in [6.45, 7) is 5.49. The number of hydrogen-bond acceptors (Lipinski definition) is 9. The van der Waals surface area contributed by atoms with Gasteiger partial charge in [-0.2, -0.15) is 0 Å². The molecule has 0 spiro atoms. The van der Waals surface area contributed by atoms with Crippen molar-refractivity contribution in [3.8, 4) is 0 Å². The third-order valence-electron chi connectivity index (χ3n) is 2.26. The molecule has 122 valence electrons. The van der Waals surface area contributed by atoms with E-state index in [1.807, 2.05) is 0 Å². The zero-order valence-electron chi connectivity index (χ0n) is 12.8. The minimum absolute atomic E-state index is 1.28.